The Balaban J connectivity index is 0.00000196. The van der Waals surface area contributed by atoms with Crippen molar-refractivity contribution in [1.82, 2.24) is 30.2 Å². The van der Waals surface area contributed by atoms with Gasteiger partial charge in [-0.3, -0.25) is 9.36 Å². The van der Waals surface area contributed by atoms with Crippen molar-refractivity contribution in [3.8, 4) is 5.82 Å². The number of hydrogen-bond donors (Lipinski definition) is 2. The summed E-state index contributed by atoms with van der Waals surface area (Å²) < 4.78 is 38.4. The maximum Gasteiger partial charge on any atom is 0.401 e. The van der Waals surface area contributed by atoms with E-state index < -0.39 is 18.6 Å². The van der Waals surface area contributed by atoms with Gasteiger partial charge in [0.25, 0.3) is 5.91 Å². The average molecular weight is 372 g/mol. The van der Waals surface area contributed by atoms with Crippen molar-refractivity contribution < 1.29 is 20.8 Å². The second-order valence-corrected chi connectivity index (χ2v) is 6.23. The first kappa shape index (κ1) is 18.3. The molecule has 0 unspecified atom stereocenters. The number of amides is 1. The minimum atomic E-state index is -4.21. The lowest BCUT2D eigenvalue weighted by Crippen LogP contribution is -2.44. The molecule has 26 heavy (non-hydrogen) atoms. The monoisotopic (exact) mass is 372 g/mol. The summed E-state index contributed by atoms with van der Waals surface area (Å²) in [6.45, 7) is -0.983. The lowest BCUT2D eigenvalue weighted by molar-refractivity contribution is -0.126. The Morgan fingerprint density at radius 2 is 1.96 bits per heavy atom. The van der Waals surface area contributed by atoms with Gasteiger partial charge >= 0.3 is 6.18 Å². The molecule has 0 bridgehead atoms. The van der Waals surface area contributed by atoms with Crippen molar-refractivity contribution in [1.29, 1.82) is 0 Å². The highest BCUT2D eigenvalue weighted by atomic mass is 19.4. The number of alkyl halides is 3. The molecule has 1 aliphatic rings. The quantitative estimate of drug-likeness (QED) is 0.842. The third-order valence-electron chi connectivity index (χ3n) is 4.27. The van der Waals surface area contributed by atoms with Crippen LogP contribution in [0.3, 0.4) is 0 Å². The van der Waals surface area contributed by atoms with Crippen LogP contribution in [-0.4, -0.2) is 50.2 Å². The van der Waals surface area contributed by atoms with Gasteiger partial charge < -0.3 is 10.6 Å². The maximum atomic E-state index is 12.3. The van der Waals surface area contributed by atoms with Crippen LogP contribution >= 0.6 is 0 Å². The molecule has 1 aliphatic carbocycles. The van der Waals surface area contributed by atoms with Crippen LogP contribution in [0.15, 0.2) is 31.0 Å². The largest absolute Gasteiger partial charge is 0.401 e. The molecule has 0 aromatic carbocycles. The summed E-state index contributed by atoms with van der Waals surface area (Å²) in [6, 6.07) is 1.40. The Morgan fingerprint density at radius 1 is 1.23 bits per heavy atom. The zero-order valence-corrected chi connectivity index (χ0v) is 13.9. The number of nitrogens with zero attached hydrogens (tertiary/aromatic N) is 4. The molecule has 0 atom stereocenters. The Hall–Kier alpha value is -2.49. The second kappa shape index (κ2) is 7.81. The minimum absolute atomic E-state index is 0. The SMILES string of the molecule is O=C(NC1CCC(NCC(F)(F)F)CC1)c1nccc(-n2ccnc2)n1.[HH].[HH]. The zero-order valence-electron chi connectivity index (χ0n) is 13.9. The first-order valence-electron chi connectivity index (χ1n) is 8.33. The Labute approximate surface area is 151 Å². The number of nitrogens with one attached hydrogen (secondary N) is 2. The fraction of sp³-hybridized carbons (Fsp3) is 0.500. The van der Waals surface area contributed by atoms with Crippen LogP contribution in [0.5, 0.6) is 0 Å². The van der Waals surface area contributed by atoms with E-state index in [1.807, 2.05) is 0 Å². The summed E-state index contributed by atoms with van der Waals surface area (Å²) in [6.07, 6.45) is 4.56. The molecule has 0 aliphatic heterocycles. The predicted octanol–water partition coefficient (Wildman–Crippen LogP) is 2.35. The first-order chi connectivity index (χ1) is 12.4. The van der Waals surface area contributed by atoms with E-state index in [1.165, 1.54) is 6.20 Å². The topological polar surface area (TPSA) is 84.7 Å². The van der Waals surface area contributed by atoms with Crippen molar-refractivity contribution in [2.45, 2.75) is 43.9 Å². The van der Waals surface area contributed by atoms with Gasteiger partial charge in [0, 0.05) is 33.5 Å². The molecule has 144 valence electrons. The van der Waals surface area contributed by atoms with Crippen molar-refractivity contribution in [2.75, 3.05) is 6.54 Å². The first-order valence-corrected chi connectivity index (χ1v) is 8.33. The fourth-order valence-electron chi connectivity index (χ4n) is 2.95. The van der Waals surface area contributed by atoms with Crippen molar-refractivity contribution in [3.63, 3.8) is 0 Å². The molecule has 0 spiro atoms. The van der Waals surface area contributed by atoms with Gasteiger partial charge in [-0.25, -0.2) is 15.0 Å². The number of imidazole rings is 1. The molecular weight excluding hydrogens is 349 g/mol. The van der Waals surface area contributed by atoms with E-state index in [4.69, 9.17) is 0 Å². The average Bonchev–Trinajstić information content (AvgIpc) is 3.15. The molecule has 2 N–H and O–H groups in total. The van der Waals surface area contributed by atoms with E-state index in [0.717, 1.165) is 0 Å². The lowest BCUT2D eigenvalue weighted by atomic mass is 9.91. The normalized spacial score (nSPS) is 20.7. The van der Waals surface area contributed by atoms with Gasteiger partial charge in [0.2, 0.25) is 5.82 Å². The number of aromatic nitrogens is 4. The highest BCUT2D eigenvalue weighted by molar-refractivity contribution is 5.90. The molecule has 2 aromatic rings. The molecule has 1 saturated carbocycles. The number of hydrogen-bond acceptors (Lipinski definition) is 5. The number of carbonyl (C=O) groups excluding carboxylic acids is 1. The standard InChI is InChI=1S/C16H19F3N6O.2H2/c17-16(18,19)9-22-11-1-3-12(4-2-11)23-15(26)14-21-6-5-13(24-14)25-8-7-20-10-25;;/h5-8,10-12,22H,1-4,9H2,(H,23,26);2*1H. The molecule has 1 amide bonds. The van der Waals surface area contributed by atoms with Crippen LogP contribution in [0.1, 0.15) is 39.2 Å². The van der Waals surface area contributed by atoms with Crippen LogP contribution < -0.4 is 10.6 Å². The van der Waals surface area contributed by atoms with E-state index in [2.05, 4.69) is 25.6 Å². The molecule has 2 aromatic heterocycles. The Bertz CT molecular complexity index is 736. The van der Waals surface area contributed by atoms with E-state index in [9.17, 15) is 18.0 Å². The van der Waals surface area contributed by atoms with Crippen LogP contribution in [0.2, 0.25) is 0 Å². The smallest absolute Gasteiger partial charge is 0.347 e. The highest BCUT2D eigenvalue weighted by Crippen LogP contribution is 2.21. The highest BCUT2D eigenvalue weighted by Gasteiger charge is 2.30. The molecule has 7 nitrogen and oxygen atoms in total. The summed E-state index contributed by atoms with van der Waals surface area (Å²) in [4.78, 5) is 24.5. The lowest BCUT2D eigenvalue weighted by Gasteiger charge is -2.29. The number of carbonyl (C=O) groups is 1. The molecular formula is C16H23F3N6O. The van der Waals surface area contributed by atoms with E-state index in [-0.39, 0.29) is 20.8 Å². The van der Waals surface area contributed by atoms with Crippen molar-refractivity contribution >= 4 is 5.91 Å². The fourth-order valence-corrected chi connectivity index (χ4v) is 2.95. The summed E-state index contributed by atoms with van der Waals surface area (Å²) in [5.74, 6) is 0.190. The number of rotatable bonds is 5. The van der Waals surface area contributed by atoms with Crippen molar-refractivity contribution in [3.05, 3.63) is 36.8 Å². The van der Waals surface area contributed by atoms with Crippen LogP contribution in [0, 0.1) is 0 Å². The van der Waals surface area contributed by atoms with Gasteiger partial charge in [-0.05, 0) is 31.7 Å². The van der Waals surface area contributed by atoms with E-state index in [1.54, 1.807) is 29.4 Å². The third-order valence-corrected chi connectivity index (χ3v) is 4.27. The minimum Gasteiger partial charge on any atom is -0.347 e. The van der Waals surface area contributed by atoms with Gasteiger partial charge in [-0.2, -0.15) is 13.2 Å². The summed E-state index contributed by atoms with van der Waals surface area (Å²) in [7, 11) is 0. The molecule has 0 saturated heterocycles. The van der Waals surface area contributed by atoms with Gasteiger partial charge in [-0.15, -0.1) is 0 Å². The van der Waals surface area contributed by atoms with Gasteiger partial charge in [0.15, 0.2) is 0 Å². The van der Waals surface area contributed by atoms with Crippen molar-refractivity contribution in [2.24, 2.45) is 0 Å². The van der Waals surface area contributed by atoms with Gasteiger partial charge in [-0.1, -0.05) is 0 Å². The maximum absolute atomic E-state index is 12.3. The molecule has 0 radical (unpaired) electrons. The predicted molar refractivity (Wildman–Crippen MR) is 90.9 cm³/mol. The van der Waals surface area contributed by atoms with Gasteiger partial charge in [0.1, 0.15) is 12.1 Å². The van der Waals surface area contributed by atoms with Crippen LogP contribution in [0.4, 0.5) is 13.2 Å². The molecule has 10 heteroatoms. The second-order valence-electron chi connectivity index (χ2n) is 6.23. The summed E-state index contributed by atoms with van der Waals surface area (Å²) >= 11 is 0. The Kier molecular flexibility index (Phi) is 5.50. The number of halogens is 3. The summed E-state index contributed by atoms with van der Waals surface area (Å²) in [5, 5.41) is 5.38. The molecule has 2 heterocycles. The third kappa shape index (κ3) is 5.01. The summed E-state index contributed by atoms with van der Waals surface area (Å²) in [5.41, 5.74) is 0. The molecule has 1 fully saturated rings. The van der Waals surface area contributed by atoms with E-state index in [0.29, 0.717) is 31.5 Å². The van der Waals surface area contributed by atoms with E-state index >= 15 is 0 Å². The molecule has 3 rings (SSSR count). The van der Waals surface area contributed by atoms with Gasteiger partial charge in [0.05, 0.1) is 6.54 Å². The van der Waals surface area contributed by atoms with Crippen LogP contribution in [0.25, 0.3) is 5.82 Å². The Morgan fingerprint density at radius 3 is 2.62 bits per heavy atom. The van der Waals surface area contributed by atoms with Crippen LogP contribution in [-0.2, 0) is 0 Å². The zero-order chi connectivity index (χ0) is 18.6.